The molecule has 16 heteroatoms. The molecule has 0 unspecified atom stereocenters. The molecule has 2 aromatic heterocycles. The Hall–Kier alpha value is -3.04. The lowest BCUT2D eigenvalue weighted by Gasteiger charge is -2.34. The molecule has 9 nitrogen and oxygen atoms in total. The molecule has 1 fully saturated rings. The van der Waals surface area contributed by atoms with Crippen molar-refractivity contribution in [1.29, 1.82) is 0 Å². The smallest absolute Gasteiger partial charge is 0.425 e. The number of hydrogen-bond acceptors (Lipinski definition) is 8. The number of anilines is 1. The molecule has 1 aliphatic heterocycles. The maximum atomic E-state index is 13.1. The van der Waals surface area contributed by atoms with Crippen LogP contribution in [0.2, 0.25) is 0 Å². The summed E-state index contributed by atoms with van der Waals surface area (Å²) in [4.78, 5) is 34.8. The number of H-pyrrole nitrogens is 1. The summed E-state index contributed by atoms with van der Waals surface area (Å²) in [5, 5.41) is 5.08. The van der Waals surface area contributed by atoms with Gasteiger partial charge >= 0.3 is 12.4 Å². The van der Waals surface area contributed by atoms with Crippen molar-refractivity contribution in [3.05, 3.63) is 40.1 Å². The van der Waals surface area contributed by atoms with E-state index in [1.54, 1.807) is 21.8 Å². The lowest BCUT2D eigenvalue weighted by atomic mass is 10.2. The standard InChI is InChI=1S/C20H22F6N6O3S/c1-12(35-14-10-29-30-17(34)16(14)20(24,25)26)11-36-7-2-15(33)31-3-5-32(6-4-31)18-27-8-13(9-28-18)19(21,22)23/h8-10,12H,2-7,11H2,1H3,(H,30,34)/t12-/m1/s1. The summed E-state index contributed by atoms with van der Waals surface area (Å²) in [7, 11) is 0. The highest BCUT2D eigenvalue weighted by atomic mass is 32.2. The third-order valence-corrected chi connectivity index (χ3v) is 6.32. The number of thioether (sulfide) groups is 1. The minimum atomic E-state index is -4.90. The van der Waals surface area contributed by atoms with Gasteiger partial charge in [-0.3, -0.25) is 9.59 Å². The van der Waals surface area contributed by atoms with Gasteiger partial charge in [0.15, 0.2) is 11.3 Å². The van der Waals surface area contributed by atoms with Gasteiger partial charge in [-0.15, -0.1) is 0 Å². The van der Waals surface area contributed by atoms with Crippen LogP contribution in [0.5, 0.6) is 5.75 Å². The maximum Gasteiger partial charge on any atom is 0.425 e. The second-order valence-electron chi connectivity index (χ2n) is 7.83. The summed E-state index contributed by atoms with van der Waals surface area (Å²) < 4.78 is 82.4. The Balaban J connectivity index is 1.40. The van der Waals surface area contributed by atoms with Crippen LogP contribution < -0.4 is 15.2 Å². The van der Waals surface area contributed by atoms with Gasteiger partial charge in [-0.05, 0) is 6.92 Å². The van der Waals surface area contributed by atoms with Crippen molar-refractivity contribution >= 4 is 23.6 Å². The van der Waals surface area contributed by atoms with E-state index >= 15 is 0 Å². The van der Waals surface area contributed by atoms with Crippen molar-refractivity contribution in [2.75, 3.05) is 42.6 Å². The van der Waals surface area contributed by atoms with Crippen LogP contribution in [-0.4, -0.2) is 74.8 Å². The van der Waals surface area contributed by atoms with Gasteiger partial charge in [-0.2, -0.15) is 43.2 Å². The summed E-state index contributed by atoms with van der Waals surface area (Å²) in [6.07, 6.45) is -7.67. The number of carbonyl (C=O) groups excluding carboxylic acids is 1. The molecule has 1 saturated heterocycles. The fourth-order valence-corrected chi connectivity index (χ4v) is 4.23. The normalized spacial score (nSPS) is 15.6. The Morgan fingerprint density at radius 3 is 2.31 bits per heavy atom. The van der Waals surface area contributed by atoms with E-state index in [0.717, 1.165) is 18.6 Å². The van der Waals surface area contributed by atoms with Gasteiger partial charge in [0.2, 0.25) is 11.9 Å². The highest BCUT2D eigenvalue weighted by molar-refractivity contribution is 7.99. The maximum absolute atomic E-state index is 13.1. The lowest BCUT2D eigenvalue weighted by Crippen LogP contribution is -2.49. The van der Waals surface area contributed by atoms with Gasteiger partial charge in [0.1, 0.15) is 6.10 Å². The van der Waals surface area contributed by atoms with E-state index < -0.39 is 40.9 Å². The molecule has 1 N–H and O–H groups in total. The number of carbonyl (C=O) groups is 1. The third kappa shape index (κ3) is 7.24. The molecule has 2 aromatic rings. The first-order chi connectivity index (χ1) is 16.9. The number of amides is 1. The molecule has 1 aliphatic rings. The molecule has 36 heavy (non-hydrogen) atoms. The average molecular weight is 540 g/mol. The largest absolute Gasteiger partial charge is 0.487 e. The number of alkyl halides is 6. The molecule has 198 valence electrons. The van der Waals surface area contributed by atoms with Crippen LogP contribution in [0.1, 0.15) is 24.5 Å². The minimum absolute atomic E-state index is 0.123. The molecule has 1 amide bonds. The predicted molar refractivity (Wildman–Crippen MR) is 118 cm³/mol. The molecule has 3 rings (SSSR count). The summed E-state index contributed by atoms with van der Waals surface area (Å²) in [6, 6.07) is 0. The number of hydrogen-bond donors (Lipinski definition) is 1. The van der Waals surface area contributed by atoms with Crippen molar-refractivity contribution in [2.45, 2.75) is 31.8 Å². The van der Waals surface area contributed by atoms with Gasteiger partial charge in [0.05, 0.1) is 11.8 Å². The van der Waals surface area contributed by atoms with E-state index in [0.29, 0.717) is 31.9 Å². The van der Waals surface area contributed by atoms with E-state index in [4.69, 9.17) is 4.74 Å². The third-order valence-electron chi connectivity index (χ3n) is 5.13. The van der Waals surface area contributed by atoms with Crippen LogP contribution in [0.3, 0.4) is 0 Å². The van der Waals surface area contributed by atoms with Crippen LogP contribution in [0, 0.1) is 0 Å². The summed E-state index contributed by atoms with van der Waals surface area (Å²) in [5.74, 6) is 0.0433. The Kier molecular flexibility index (Phi) is 8.68. The van der Waals surface area contributed by atoms with Crippen molar-refractivity contribution in [3.8, 4) is 5.75 Å². The number of nitrogens with one attached hydrogen (secondary N) is 1. The molecular weight excluding hydrogens is 518 g/mol. The first-order valence-corrected chi connectivity index (χ1v) is 11.8. The topological polar surface area (TPSA) is 104 Å². The van der Waals surface area contributed by atoms with Gasteiger partial charge in [0.25, 0.3) is 5.56 Å². The first kappa shape index (κ1) is 27.5. The lowest BCUT2D eigenvalue weighted by molar-refractivity contribution is -0.140. The molecule has 0 aliphatic carbocycles. The molecule has 0 spiro atoms. The first-order valence-electron chi connectivity index (χ1n) is 10.7. The van der Waals surface area contributed by atoms with Gasteiger partial charge in [0, 0.05) is 56.5 Å². The van der Waals surface area contributed by atoms with Crippen molar-refractivity contribution in [1.82, 2.24) is 25.1 Å². The summed E-state index contributed by atoms with van der Waals surface area (Å²) in [5.41, 5.74) is -3.78. The zero-order valence-electron chi connectivity index (χ0n) is 18.9. The SMILES string of the molecule is C[C@H](CSCCC(=O)N1CCN(c2ncc(C(F)(F)F)cn2)CC1)Oc1cn[nH]c(=O)c1C(F)(F)F. The number of nitrogens with zero attached hydrogens (tertiary/aromatic N) is 5. The predicted octanol–water partition coefficient (Wildman–Crippen LogP) is 2.84. The summed E-state index contributed by atoms with van der Waals surface area (Å²) in [6.45, 7) is 2.97. The molecule has 0 saturated carbocycles. The zero-order valence-corrected chi connectivity index (χ0v) is 19.7. The van der Waals surface area contributed by atoms with Gasteiger partial charge < -0.3 is 14.5 Å². The number of halogens is 6. The number of piperazine rings is 1. The Bertz CT molecular complexity index is 1090. The van der Waals surface area contributed by atoms with Gasteiger partial charge in [-0.1, -0.05) is 0 Å². The van der Waals surface area contributed by atoms with Crippen LogP contribution in [0.4, 0.5) is 32.3 Å². The monoisotopic (exact) mass is 540 g/mol. The van der Waals surface area contributed by atoms with Gasteiger partial charge in [-0.25, -0.2) is 15.1 Å². The number of aromatic nitrogens is 4. The fourth-order valence-electron chi connectivity index (χ4n) is 3.34. The highest BCUT2D eigenvalue weighted by Crippen LogP contribution is 2.33. The number of rotatable bonds is 8. The molecule has 1 atom stereocenters. The van der Waals surface area contributed by atoms with E-state index in [1.165, 1.54) is 11.8 Å². The van der Waals surface area contributed by atoms with Crippen LogP contribution in [0.25, 0.3) is 0 Å². The second-order valence-corrected chi connectivity index (χ2v) is 8.98. The van der Waals surface area contributed by atoms with E-state index in [9.17, 15) is 35.9 Å². The molecule has 0 bridgehead atoms. The van der Waals surface area contributed by atoms with Crippen molar-refractivity contribution in [2.24, 2.45) is 0 Å². The molecule has 3 heterocycles. The van der Waals surface area contributed by atoms with Crippen molar-refractivity contribution in [3.63, 3.8) is 0 Å². The van der Waals surface area contributed by atoms with Crippen LogP contribution in [-0.2, 0) is 17.1 Å². The number of ether oxygens (including phenoxy) is 1. The zero-order chi connectivity index (χ0) is 26.5. The average Bonchev–Trinajstić information content (AvgIpc) is 2.80. The highest BCUT2D eigenvalue weighted by Gasteiger charge is 2.38. The summed E-state index contributed by atoms with van der Waals surface area (Å²) >= 11 is 1.31. The van der Waals surface area contributed by atoms with Crippen molar-refractivity contribution < 1.29 is 35.9 Å². The quantitative estimate of drug-likeness (QED) is 0.403. The Morgan fingerprint density at radius 1 is 1.08 bits per heavy atom. The Labute approximate surface area is 205 Å². The van der Waals surface area contributed by atoms with E-state index in [1.807, 2.05) is 0 Å². The second kappa shape index (κ2) is 11.3. The molecular formula is C20H22F6N6O3S. The van der Waals surface area contributed by atoms with Crippen LogP contribution in [0.15, 0.2) is 23.4 Å². The van der Waals surface area contributed by atoms with Crippen LogP contribution >= 0.6 is 11.8 Å². The molecule has 0 aromatic carbocycles. The Morgan fingerprint density at radius 2 is 1.72 bits per heavy atom. The van der Waals surface area contributed by atoms with E-state index in [-0.39, 0.29) is 24.0 Å². The van der Waals surface area contributed by atoms with E-state index in [2.05, 4.69) is 15.1 Å². The fraction of sp³-hybridized carbons (Fsp3) is 0.550. The number of aromatic amines is 1. The minimum Gasteiger partial charge on any atom is -0.487 e. The molecule has 0 radical (unpaired) electrons.